The van der Waals surface area contributed by atoms with Crippen molar-refractivity contribution in [2.24, 2.45) is 0 Å². The Kier molecular flexibility index (Phi) is 6.20. The molecule has 0 aliphatic carbocycles. The van der Waals surface area contributed by atoms with Gasteiger partial charge in [-0.1, -0.05) is 26.0 Å². The minimum absolute atomic E-state index is 0.349. The molecular formula is C16H27NO. The summed E-state index contributed by atoms with van der Waals surface area (Å²) >= 11 is 0. The molecule has 0 bridgehead atoms. The van der Waals surface area contributed by atoms with Crippen molar-refractivity contribution in [2.45, 2.75) is 59.0 Å². The van der Waals surface area contributed by atoms with Gasteiger partial charge in [-0.05, 0) is 57.4 Å². The summed E-state index contributed by atoms with van der Waals surface area (Å²) in [6.07, 6.45) is 3.45. The van der Waals surface area contributed by atoms with Crippen LogP contribution in [0.5, 0.6) is 5.75 Å². The Morgan fingerprint density at radius 1 is 1.06 bits per heavy atom. The minimum atomic E-state index is 0.349. The largest absolute Gasteiger partial charge is 0.508 e. The number of phenols is 1. The minimum Gasteiger partial charge on any atom is -0.508 e. The second-order valence-corrected chi connectivity index (χ2v) is 5.14. The fourth-order valence-electron chi connectivity index (χ4n) is 2.50. The average Bonchev–Trinajstić information content (AvgIpc) is 2.38. The predicted octanol–water partition coefficient (Wildman–Crippen LogP) is 3.83. The molecule has 2 unspecified atom stereocenters. The summed E-state index contributed by atoms with van der Waals surface area (Å²) < 4.78 is 0. The van der Waals surface area contributed by atoms with Gasteiger partial charge in [-0.3, -0.25) is 4.90 Å². The van der Waals surface area contributed by atoms with Crippen LogP contribution in [0.1, 0.15) is 46.1 Å². The first-order valence-corrected chi connectivity index (χ1v) is 7.12. The first-order chi connectivity index (χ1) is 8.58. The van der Waals surface area contributed by atoms with E-state index in [0.29, 0.717) is 17.8 Å². The van der Waals surface area contributed by atoms with Crippen LogP contribution in [-0.2, 0) is 6.42 Å². The number of hydrogen-bond donors (Lipinski definition) is 1. The molecule has 0 saturated heterocycles. The number of nitrogens with zero attached hydrogens (tertiary/aromatic N) is 1. The van der Waals surface area contributed by atoms with E-state index < -0.39 is 0 Å². The number of hydrogen-bond acceptors (Lipinski definition) is 2. The smallest absolute Gasteiger partial charge is 0.115 e. The highest BCUT2D eigenvalue weighted by atomic mass is 16.3. The van der Waals surface area contributed by atoms with Crippen molar-refractivity contribution < 1.29 is 5.11 Å². The number of phenolic OH excluding ortho intramolecular Hbond substituents is 1. The molecule has 0 aliphatic rings. The van der Waals surface area contributed by atoms with Crippen molar-refractivity contribution >= 4 is 0 Å². The van der Waals surface area contributed by atoms with Gasteiger partial charge in [-0.25, -0.2) is 0 Å². The summed E-state index contributed by atoms with van der Waals surface area (Å²) in [7, 11) is 0. The molecule has 1 rings (SSSR count). The fraction of sp³-hybridized carbons (Fsp3) is 0.625. The Hall–Kier alpha value is -1.02. The van der Waals surface area contributed by atoms with Crippen LogP contribution in [-0.4, -0.2) is 28.6 Å². The van der Waals surface area contributed by atoms with Crippen molar-refractivity contribution in [3.05, 3.63) is 29.8 Å². The van der Waals surface area contributed by atoms with Gasteiger partial charge in [-0.2, -0.15) is 0 Å². The maximum Gasteiger partial charge on any atom is 0.115 e. The number of benzene rings is 1. The van der Waals surface area contributed by atoms with Crippen LogP contribution in [0.4, 0.5) is 0 Å². The quantitative estimate of drug-likeness (QED) is 0.793. The molecule has 2 heteroatoms. The van der Waals surface area contributed by atoms with Crippen molar-refractivity contribution in [3.63, 3.8) is 0 Å². The zero-order valence-corrected chi connectivity index (χ0v) is 12.2. The van der Waals surface area contributed by atoms with Crippen molar-refractivity contribution in [2.75, 3.05) is 6.54 Å². The third-order valence-electron chi connectivity index (χ3n) is 3.88. The summed E-state index contributed by atoms with van der Waals surface area (Å²) in [4.78, 5) is 2.57. The normalized spacial score (nSPS) is 14.7. The van der Waals surface area contributed by atoms with E-state index in [1.165, 1.54) is 18.4 Å². The van der Waals surface area contributed by atoms with Gasteiger partial charge in [0, 0.05) is 12.1 Å². The van der Waals surface area contributed by atoms with Crippen molar-refractivity contribution in [1.29, 1.82) is 0 Å². The first-order valence-electron chi connectivity index (χ1n) is 7.12. The number of rotatable bonds is 7. The highest BCUT2D eigenvalue weighted by molar-refractivity contribution is 5.25. The molecule has 1 N–H and O–H groups in total. The Labute approximate surface area is 112 Å². The third kappa shape index (κ3) is 4.34. The van der Waals surface area contributed by atoms with Gasteiger partial charge < -0.3 is 5.11 Å². The Morgan fingerprint density at radius 3 is 2.17 bits per heavy atom. The average molecular weight is 249 g/mol. The summed E-state index contributed by atoms with van der Waals surface area (Å²) in [6, 6.07) is 8.84. The molecule has 2 nitrogen and oxygen atoms in total. The van der Waals surface area contributed by atoms with Crippen LogP contribution in [0.2, 0.25) is 0 Å². The maximum absolute atomic E-state index is 9.26. The zero-order valence-electron chi connectivity index (χ0n) is 12.2. The fourth-order valence-corrected chi connectivity index (χ4v) is 2.50. The molecular weight excluding hydrogens is 222 g/mol. The molecule has 1 aromatic carbocycles. The van der Waals surface area contributed by atoms with Crippen LogP contribution in [0, 0.1) is 0 Å². The SMILES string of the molecule is CCC(C)N(CC)C(C)CCc1ccc(O)cc1. The molecule has 102 valence electrons. The Bertz CT molecular complexity index is 333. The molecule has 0 aliphatic heterocycles. The van der Waals surface area contributed by atoms with E-state index in [2.05, 4.69) is 32.6 Å². The van der Waals surface area contributed by atoms with Crippen LogP contribution in [0.3, 0.4) is 0 Å². The van der Waals surface area contributed by atoms with Gasteiger partial charge in [0.25, 0.3) is 0 Å². The molecule has 0 amide bonds. The van der Waals surface area contributed by atoms with E-state index in [1.54, 1.807) is 12.1 Å². The lowest BCUT2D eigenvalue weighted by molar-refractivity contribution is 0.151. The van der Waals surface area contributed by atoms with Crippen LogP contribution in [0.25, 0.3) is 0 Å². The lowest BCUT2D eigenvalue weighted by Crippen LogP contribution is -2.40. The van der Waals surface area contributed by atoms with E-state index in [0.717, 1.165) is 13.0 Å². The molecule has 2 atom stereocenters. The van der Waals surface area contributed by atoms with Crippen LogP contribution >= 0.6 is 0 Å². The lowest BCUT2D eigenvalue weighted by Gasteiger charge is -2.33. The van der Waals surface area contributed by atoms with Gasteiger partial charge in [0.2, 0.25) is 0 Å². The molecule has 0 heterocycles. The van der Waals surface area contributed by atoms with Gasteiger partial charge in [0.1, 0.15) is 5.75 Å². The summed E-state index contributed by atoms with van der Waals surface area (Å²) in [5.41, 5.74) is 1.31. The predicted molar refractivity (Wildman–Crippen MR) is 78.0 cm³/mol. The highest BCUT2D eigenvalue weighted by Gasteiger charge is 2.16. The first kappa shape index (κ1) is 15.0. The molecule has 0 saturated carbocycles. The summed E-state index contributed by atoms with van der Waals surface area (Å²) in [5, 5.41) is 9.26. The molecule has 0 aromatic heterocycles. The van der Waals surface area contributed by atoms with Crippen LogP contribution < -0.4 is 0 Å². The van der Waals surface area contributed by atoms with Crippen molar-refractivity contribution in [1.82, 2.24) is 4.90 Å². The number of aromatic hydroxyl groups is 1. The molecule has 0 fully saturated rings. The van der Waals surface area contributed by atoms with E-state index in [4.69, 9.17) is 0 Å². The van der Waals surface area contributed by atoms with E-state index in [9.17, 15) is 5.11 Å². The Morgan fingerprint density at radius 2 is 1.67 bits per heavy atom. The molecule has 18 heavy (non-hydrogen) atoms. The number of aryl methyl sites for hydroxylation is 1. The van der Waals surface area contributed by atoms with Gasteiger partial charge in [-0.15, -0.1) is 0 Å². The van der Waals surface area contributed by atoms with Gasteiger partial charge in [0.05, 0.1) is 0 Å². The maximum atomic E-state index is 9.26. The topological polar surface area (TPSA) is 23.5 Å². The van der Waals surface area contributed by atoms with Gasteiger partial charge >= 0.3 is 0 Å². The molecule has 0 radical (unpaired) electrons. The van der Waals surface area contributed by atoms with E-state index in [-0.39, 0.29) is 0 Å². The van der Waals surface area contributed by atoms with Crippen molar-refractivity contribution in [3.8, 4) is 5.75 Å². The second kappa shape index (κ2) is 7.42. The zero-order chi connectivity index (χ0) is 13.5. The second-order valence-electron chi connectivity index (χ2n) is 5.14. The summed E-state index contributed by atoms with van der Waals surface area (Å²) in [5.74, 6) is 0.349. The monoisotopic (exact) mass is 249 g/mol. The van der Waals surface area contributed by atoms with Crippen LogP contribution in [0.15, 0.2) is 24.3 Å². The highest BCUT2D eigenvalue weighted by Crippen LogP contribution is 2.16. The van der Waals surface area contributed by atoms with E-state index in [1.807, 2.05) is 12.1 Å². The van der Waals surface area contributed by atoms with E-state index >= 15 is 0 Å². The Balaban J connectivity index is 2.48. The molecule has 0 spiro atoms. The molecule has 1 aromatic rings. The summed E-state index contributed by atoms with van der Waals surface area (Å²) in [6.45, 7) is 10.2. The standard InChI is InChI=1S/C16H27NO/c1-5-13(3)17(6-2)14(4)7-8-15-9-11-16(18)12-10-15/h9-14,18H,5-8H2,1-4H3. The third-order valence-corrected chi connectivity index (χ3v) is 3.88. The lowest BCUT2D eigenvalue weighted by atomic mass is 10.0. The van der Waals surface area contributed by atoms with Gasteiger partial charge in [0.15, 0.2) is 0 Å².